The van der Waals surface area contributed by atoms with E-state index in [1.54, 1.807) is 13.8 Å². The number of esters is 1. The molecule has 0 radical (unpaired) electrons. The molecule has 0 aromatic rings. The standard InChI is InChI=1S/C7H9NO2S/c1-4-6(9)10-7(2,3)8-5-11/h4H,1H2,2-3H3. The number of rotatable bonds is 3. The van der Waals surface area contributed by atoms with Crippen LogP contribution in [-0.2, 0) is 9.53 Å². The Hall–Kier alpha value is -0.990. The maximum Gasteiger partial charge on any atom is 0.332 e. The zero-order valence-corrected chi connectivity index (χ0v) is 7.27. The molecule has 0 heterocycles. The molecule has 0 aliphatic carbocycles. The first kappa shape index (κ1) is 10.0. The van der Waals surface area contributed by atoms with Crippen molar-refractivity contribution in [1.29, 1.82) is 0 Å². The number of isothiocyanates is 1. The molecule has 0 bridgehead atoms. The lowest BCUT2D eigenvalue weighted by molar-refractivity contribution is -0.149. The molecule has 0 aliphatic heterocycles. The lowest BCUT2D eigenvalue weighted by atomic mass is 10.3. The summed E-state index contributed by atoms with van der Waals surface area (Å²) in [5, 5.41) is 2.13. The summed E-state index contributed by atoms with van der Waals surface area (Å²) >= 11 is 4.36. The molecule has 0 aliphatic rings. The summed E-state index contributed by atoms with van der Waals surface area (Å²) < 4.78 is 4.77. The molecule has 4 heteroatoms. The number of hydrogen-bond acceptors (Lipinski definition) is 4. The van der Waals surface area contributed by atoms with E-state index in [1.165, 1.54) is 0 Å². The van der Waals surface area contributed by atoms with Gasteiger partial charge in [0.1, 0.15) is 0 Å². The van der Waals surface area contributed by atoms with Crippen molar-refractivity contribution in [3.8, 4) is 0 Å². The van der Waals surface area contributed by atoms with E-state index in [-0.39, 0.29) is 0 Å². The van der Waals surface area contributed by atoms with Gasteiger partial charge < -0.3 is 4.74 Å². The zero-order valence-electron chi connectivity index (χ0n) is 6.46. The molecule has 0 aromatic heterocycles. The lowest BCUT2D eigenvalue weighted by Crippen LogP contribution is -2.24. The van der Waals surface area contributed by atoms with E-state index < -0.39 is 11.7 Å². The fraction of sp³-hybridized carbons (Fsp3) is 0.429. The van der Waals surface area contributed by atoms with Crippen molar-refractivity contribution in [2.75, 3.05) is 0 Å². The SMILES string of the molecule is C=CC(=O)OC(C)(C)N=C=S. The summed E-state index contributed by atoms with van der Waals surface area (Å²) in [4.78, 5) is 14.3. The van der Waals surface area contributed by atoms with Crippen LogP contribution >= 0.6 is 12.2 Å². The van der Waals surface area contributed by atoms with Crippen molar-refractivity contribution in [1.82, 2.24) is 0 Å². The molecule has 0 spiro atoms. The van der Waals surface area contributed by atoms with Crippen LogP contribution in [0.4, 0.5) is 0 Å². The Kier molecular flexibility index (Phi) is 3.65. The zero-order chi connectivity index (χ0) is 8.91. The highest BCUT2D eigenvalue weighted by Crippen LogP contribution is 2.09. The van der Waals surface area contributed by atoms with Gasteiger partial charge in [-0.25, -0.2) is 4.79 Å². The van der Waals surface area contributed by atoms with Gasteiger partial charge in [-0.2, -0.15) is 4.99 Å². The highest BCUT2D eigenvalue weighted by atomic mass is 32.1. The van der Waals surface area contributed by atoms with Crippen LogP contribution in [0.5, 0.6) is 0 Å². The largest absolute Gasteiger partial charge is 0.434 e. The summed E-state index contributed by atoms with van der Waals surface area (Å²) in [6.45, 7) is 6.45. The van der Waals surface area contributed by atoms with E-state index in [9.17, 15) is 4.79 Å². The van der Waals surface area contributed by atoms with E-state index in [2.05, 4.69) is 29.0 Å². The van der Waals surface area contributed by atoms with Crippen LogP contribution in [0.15, 0.2) is 17.6 Å². The first-order valence-corrected chi connectivity index (χ1v) is 3.37. The predicted molar refractivity (Wildman–Crippen MR) is 45.4 cm³/mol. The van der Waals surface area contributed by atoms with Crippen molar-refractivity contribution in [3.05, 3.63) is 12.7 Å². The lowest BCUT2D eigenvalue weighted by Gasteiger charge is -2.16. The average molecular weight is 171 g/mol. The van der Waals surface area contributed by atoms with E-state index in [0.717, 1.165) is 6.08 Å². The number of carbonyl (C=O) groups excluding carboxylic acids is 1. The first-order chi connectivity index (χ1) is 5.02. The second-order valence-corrected chi connectivity index (χ2v) is 2.46. The second-order valence-electron chi connectivity index (χ2n) is 2.28. The maximum atomic E-state index is 10.6. The molecule has 0 unspecified atom stereocenters. The van der Waals surface area contributed by atoms with Gasteiger partial charge in [-0.1, -0.05) is 6.58 Å². The third-order valence-corrected chi connectivity index (χ3v) is 0.923. The fourth-order valence-corrected chi connectivity index (χ4v) is 0.640. The Labute approximate surface area is 70.8 Å². The van der Waals surface area contributed by atoms with Crippen molar-refractivity contribution >= 4 is 23.3 Å². The smallest absolute Gasteiger partial charge is 0.332 e. The molecule has 11 heavy (non-hydrogen) atoms. The van der Waals surface area contributed by atoms with Crippen LogP contribution in [0, 0.1) is 0 Å². The van der Waals surface area contributed by atoms with E-state index in [1.807, 2.05) is 0 Å². The summed E-state index contributed by atoms with van der Waals surface area (Å²) in [6.07, 6.45) is 1.07. The van der Waals surface area contributed by atoms with Crippen LogP contribution in [-0.4, -0.2) is 16.9 Å². The number of thiocarbonyl (C=S) groups is 1. The van der Waals surface area contributed by atoms with Crippen LogP contribution in [0.3, 0.4) is 0 Å². The maximum absolute atomic E-state index is 10.6. The molecule has 60 valence electrons. The highest BCUT2D eigenvalue weighted by molar-refractivity contribution is 7.78. The molecule has 0 N–H and O–H groups in total. The molecular formula is C7H9NO2S. The minimum absolute atomic E-state index is 0.524. The third-order valence-electron chi connectivity index (χ3n) is 0.832. The van der Waals surface area contributed by atoms with Gasteiger partial charge in [0.15, 0.2) is 0 Å². The van der Waals surface area contributed by atoms with Gasteiger partial charge in [0.05, 0.1) is 5.16 Å². The number of carbonyl (C=O) groups is 1. The topological polar surface area (TPSA) is 38.7 Å². The Balaban J connectivity index is 4.22. The Morgan fingerprint density at radius 3 is 2.73 bits per heavy atom. The monoisotopic (exact) mass is 171 g/mol. The van der Waals surface area contributed by atoms with Gasteiger partial charge >= 0.3 is 5.97 Å². The first-order valence-electron chi connectivity index (χ1n) is 2.96. The number of hydrogen-bond donors (Lipinski definition) is 0. The van der Waals surface area contributed by atoms with Crippen LogP contribution < -0.4 is 0 Å². The summed E-state index contributed by atoms with van der Waals surface area (Å²) in [7, 11) is 0. The van der Waals surface area contributed by atoms with Crippen molar-refractivity contribution in [2.45, 2.75) is 19.6 Å². The van der Waals surface area contributed by atoms with E-state index in [4.69, 9.17) is 4.74 Å². The number of nitrogens with zero attached hydrogens (tertiary/aromatic N) is 1. The molecule has 0 saturated heterocycles. The molecule has 0 atom stereocenters. The summed E-state index contributed by atoms with van der Waals surface area (Å²) in [6, 6.07) is 0. The Morgan fingerprint density at radius 2 is 2.36 bits per heavy atom. The van der Waals surface area contributed by atoms with Crippen LogP contribution in [0.1, 0.15) is 13.8 Å². The summed E-state index contributed by atoms with van der Waals surface area (Å²) in [5.41, 5.74) is -0.937. The van der Waals surface area contributed by atoms with Gasteiger partial charge in [-0.15, -0.1) is 0 Å². The van der Waals surface area contributed by atoms with Crippen molar-refractivity contribution < 1.29 is 9.53 Å². The molecule has 0 rings (SSSR count). The van der Waals surface area contributed by atoms with Gasteiger partial charge in [0.2, 0.25) is 5.72 Å². The second kappa shape index (κ2) is 4.01. The minimum atomic E-state index is -0.937. The number of aliphatic imine (C=N–C) groups is 1. The predicted octanol–water partition coefficient (Wildman–Crippen LogP) is 1.55. The van der Waals surface area contributed by atoms with Crippen LogP contribution in [0.2, 0.25) is 0 Å². The van der Waals surface area contributed by atoms with Gasteiger partial charge in [-0.3, -0.25) is 0 Å². The van der Waals surface area contributed by atoms with E-state index in [0.29, 0.717) is 0 Å². The molecular weight excluding hydrogens is 162 g/mol. The Morgan fingerprint density at radius 1 is 1.82 bits per heavy atom. The molecule has 0 fully saturated rings. The fourth-order valence-electron chi connectivity index (χ4n) is 0.421. The number of ether oxygens (including phenoxy) is 1. The van der Waals surface area contributed by atoms with Crippen LogP contribution in [0.25, 0.3) is 0 Å². The molecule has 3 nitrogen and oxygen atoms in total. The van der Waals surface area contributed by atoms with E-state index >= 15 is 0 Å². The minimum Gasteiger partial charge on any atom is -0.434 e. The van der Waals surface area contributed by atoms with Crippen molar-refractivity contribution in [2.24, 2.45) is 4.99 Å². The van der Waals surface area contributed by atoms with Gasteiger partial charge in [0, 0.05) is 6.08 Å². The highest BCUT2D eigenvalue weighted by Gasteiger charge is 2.18. The van der Waals surface area contributed by atoms with Gasteiger partial charge in [0.25, 0.3) is 0 Å². The average Bonchev–Trinajstić information content (AvgIpc) is 1.86. The summed E-state index contributed by atoms with van der Waals surface area (Å²) in [5.74, 6) is -0.524. The van der Waals surface area contributed by atoms with Gasteiger partial charge in [-0.05, 0) is 26.1 Å². The Bertz CT molecular complexity index is 216. The van der Waals surface area contributed by atoms with Crippen molar-refractivity contribution in [3.63, 3.8) is 0 Å². The molecule has 0 aromatic carbocycles. The third kappa shape index (κ3) is 4.42. The normalized spacial score (nSPS) is 9.64. The molecule has 0 saturated carbocycles. The quantitative estimate of drug-likeness (QED) is 0.280. The molecule has 0 amide bonds.